The summed E-state index contributed by atoms with van der Waals surface area (Å²) in [5.74, 6) is 0.917. The van der Waals surface area contributed by atoms with E-state index in [1.165, 1.54) is 25.9 Å². The normalized spacial score (nSPS) is 19.0. The molecule has 1 heterocycles. The van der Waals surface area contributed by atoms with Crippen LogP contribution >= 0.6 is 0 Å². The molecule has 0 radical (unpaired) electrons. The number of aliphatic imine (C=N–C) groups is 1. The predicted octanol–water partition coefficient (Wildman–Crippen LogP) is 1.60. The minimum Gasteiger partial charge on any atom is -0.357 e. The summed E-state index contributed by atoms with van der Waals surface area (Å²) in [6.45, 7) is 14.2. The van der Waals surface area contributed by atoms with E-state index in [0.29, 0.717) is 18.6 Å². The van der Waals surface area contributed by atoms with Crippen LogP contribution in [0.3, 0.4) is 0 Å². The lowest BCUT2D eigenvalue weighted by atomic mass is 10.0. The maximum atomic E-state index is 4.44. The first-order valence-electron chi connectivity index (χ1n) is 7.07. The van der Waals surface area contributed by atoms with Gasteiger partial charge in [-0.3, -0.25) is 0 Å². The van der Waals surface area contributed by atoms with Gasteiger partial charge in [-0.15, -0.1) is 6.58 Å². The minimum absolute atomic E-state index is 0.544. The van der Waals surface area contributed by atoms with Crippen LogP contribution in [-0.4, -0.2) is 49.1 Å². The highest BCUT2D eigenvalue weighted by Gasteiger charge is 2.21. The van der Waals surface area contributed by atoms with Gasteiger partial charge in [-0.2, -0.15) is 0 Å². The first kappa shape index (κ1) is 15.0. The Kier molecular flexibility index (Phi) is 6.80. The van der Waals surface area contributed by atoms with Crippen molar-refractivity contribution in [3.05, 3.63) is 12.7 Å². The standard InChI is InChI=1S/C14H28N4/c1-5-9-16-14(15-6-2)17-13-7-10-18(11-8-13)12(3)4/h5,12-13H,1,6-11H2,2-4H3,(H2,15,16,17). The lowest BCUT2D eigenvalue weighted by molar-refractivity contribution is 0.167. The van der Waals surface area contributed by atoms with Crippen LogP contribution in [0.25, 0.3) is 0 Å². The maximum Gasteiger partial charge on any atom is 0.191 e. The zero-order valence-electron chi connectivity index (χ0n) is 12.1. The van der Waals surface area contributed by atoms with Crippen molar-refractivity contribution >= 4 is 5.96 Å². The van der Waals surface area contributed by atoms with E-state index in [4.69, 9.17) is 0 Å². The molecule has 1 rings (SSSR count). The van der Waals surface area contributed by atoms with Gasteiger partial charge in [-0.1, -0.05) is 6.08 Å². The van der Waals surface area contributed by atoms with Gasteiger partial charge in [0, 0.05) is 31.7 Å². The maximum absolute atomic E-state index is 4.44. The van der Waals surface area contributed by atoms with Crippen molar-refractivity contribution in [1.82, 2.24) is 15.5 Å². The van der Waals surface area contributed by atoms with Gasteiger partial charge in [0.2, 0.25) is 0 Å². The average molecular weight is 252 g/mol. The molecule has 0 unspecified atom stereocenters. The van der Waals surface area contributed by atoms with Crippen LogP contribution in [0.15, 0.2) is 17.6 Å². The third kappa shape index (κ3) is 5.08. The fourth-order valence-corrected chi connectivity index (χ4v) is 2.23. The van der Waals surface area contributed by atoms with Crippen molar-refractivity contribution in [2.24, 2.45) is 4.99 Å². The molecule has 0 aliphatic carbocycles. The van der Waals surface area contributed by atoms with E-state index in [-0.39, 0.29) is 0 Å². The summed E-state index contributed by atoms with van der Waals surface area (Å²) >= 11 is 0. The van der Waals surface area contributed by atoms with Gasteiger partial charge in [0.1, 0.15) is 0 Å². The van der Waals surface area contributed by atoms with E-state index in [2.05, 4.69) is 47.9 Å². The molecule has 1 fully saturated rings. The van der Waals surface area contributed by atoms with Gasteiger partial charge in [0.05, 0.1) is 6.54 Å². The summed E-state index contributed by atoms with van der Waals surface area (Å²) in [5, 5.41) is 6.79. The van der Waals surface area contributed by atoms with Crippen molar-refractivity contribution in [2.75, 3.05) is 26.2 Å². The van der Waals surface area contributed by atoms with Gasteiger partial charge in [0.15, 0.2) is 5.96 Å². The van der Waals surface area contributed by atoms with Crippen molar-refractivity contribution in [3.63, 3.8) is 0 Å². The molecule has 1 saturated heterocycles. The Hall–Kier alpha value is -1.03. The molecule has 0 bridgehead atoms. The zero-order valence-corrected chi connectivity index (χ0v) is 12.1. The van der Waals surface area contributed by atoms with Crippen molar-refractivity contribution in [1.29, 1.82) is 0 Å². The van der Waals surface area contributed by atoms with E-state index in [1.54, 1.807) is 0 Å². The van der Waals surface area contributed by atoms with Crippen molar-refractivity contribution in [3.8, 4) is 0 Å². The smallest absolute Gasteiger partial charge is 0.191 e. The fourth-order valence-electron chi connectivity index (χ4n) is 2.23. The third-order valence-corrected chi connectivity index (χ3v) is 3.32. The van der Waals surface area contributed by atoms with Crippen LogP contribution in [0.1, 0.15) is 33.6 Å². The quantitative estimate of drug-likeness (QED) is 0.443. The number of likely N-dealkylation sites (tertiary alicyclic amines) is 1. The molecule has 104 valence electrons. The van der Waals surface area contributed by atoms with Crippen LogP contribution in [-0.2, 0) is 0 Å². The van der Waals surface area contributed by atoms with E-state index >= 15 is 0 Å². The van der Waals surface area contributed by atoms with Gasteiger partial charge in [-0.25, -0.2) is 4.99 Å². The van der Waals surface area contributed by atoms with Gasteiger partial charge in [-0.05, 0) is 33.6 Å². The summed E-state index contributed by atoms with van der Waals surface area (Å²) in [5.41, 5.74) is 0. The summed E-state index contributed by atoms with van der Waals surface area (Å²) in [4.78, 5) is 6.98. The Labute approximate surface area is 112 Å². The lowest BCUT2D eigenvalue weighted by Gasteiger charge is -2.35. The van der Waals surface area contributed by atoms with Crippen LogP contribution in [0.4, 0.5) is 0 Å². The molecule has 0 aromatic heterocycles. The molecule has 0 aromatic rings. The largest absolute Gasteiger partial charge is 0.357 e. The Morgan fingerprint density at radius 3 is 2.61 bits per heavy atom. The zero-order chi connectivity index (χ0) is 13.4. The molecule has 18 heavy (non-hydrogen) atoms. The number of hydrogen-bond acceptors (Lipinski definition) is 2. The first-order valence-corrected chi connectivity index (χ1v) is 7.07. The number of piperidine rings is 1. The number of nitrogens with one attached hydrogen (secondary N) is 2. The van der Waals surface area contributed by atoms with E-state index in [1.807, 2.05) is 6.08 Å². The molecule has 1 aliphatic rings. The van der Waals surface area contributed by atoms with Gasteiger partial charge < -0.3 is 15.5 Å². The van der Waals surface area contributed by atoms with E-state index in [9.17, 15) is 0 Å². The molecule has 0 atom stereocenters. The van der Waals surface area contributed by atoms with E-state index < -0.39 is 0 Å². The van der Waals surface area contributed by atoms with Crippen LogP contribution < -0.4 is 10.6 Å². The highest BCUT2D eigenvalue weighted by molar-refractivity contribution is 5.80. The Morgan fingerprint density at radius 1 is 1.44 bits per heavy atom. The van der Waals surface area contributed by atoms with Gasteiger partial charge >= 0.3 is 0 Å². The summed E-state index contributed by atoms with van der Waals surface area (Å²) in [6, 6.07) is 1.20. The Morgan fingerprint density at radius 2 is 2.11 bits per heavy atom. The van der Waals surface area contributed by atoms with Crippen molar-refractivity contribution in [2.45, 2.75) is 45.7 Å². The SMILES string of the molecule is C=CCN=C(NCC)NC1CCN(C(C)C)CC1. The number of guanidine groups is 1. The molecule has 0 aromatic carbocycles. The lowest BCUT2D eigenvalue weighted by Crippen LogP contribution is -2.49. The molecule has 4 heteroatoms. The van der Waals surface area contributed by atoms with E-state index in [0.717, 1.165) is 12.5 Å². The fraction of sp³-hybridized carbons (Fsp3) is 0.786. The molecule has 0 spiro atoms. The molecule has 1 aliphatic heterocycles. The highest BCUT2D eigenvalue weighted by Crippen LogP contribution is 2.12. The summed E-state index contributed by atoms with van der Waals surface area (Å²) in [6.07, 6.45) is 4.20. The minimum atomic E-state index is 0.544. The first-order chi connectivity index (χ1) is 8.67. The Bertz CT molecular complexity index is 265. The molecular weight excluding hydrogens is 224 g/mol. The summed E-state index contributed by atoms with van der Waals surface area (Å²) < 4.78 is 0. The number of rotatable bonds is 5. The molecule has 4 nitrogen and oxygen atoms in total. The second-order valence-corrected chi connectivity index (χ2v) is 5.06. The monoisotopic (exact) mass is 252 g/mol. The second-order valence-electron chi connectivity index (χ2n) is 5.06. The molecular formula is C14H28N4. The predicted molar refractivity (Wildman–Crippen MR) is 79.0 cm³/mol. The molecule has 0 saturated carbocycles. The summed E-state index contributed by atoms with van der Waals surface area (Å²) in [7, 11) is 0. The number of hydrogen-bond donors (Lipinski definition) is 2. The third-order valence-electron chi connectivity index (χ3n) is 3.32. The molecule has 0 amide bonds. The van der Waals surface area contributed by atoms with Crippen LogP contribution in [0.5, 0.6) is 0 Å². The topological polar surface area (TPSA) is 39.7 Å². The highest BCUT2D eigenvalue weighted by atomic mass is 15.2. The second kappa shape index (κ2) is 8.14. The average Bonchev–Trinajstić information content (AvgIpc) is 2.37. The van der Waals surface area contributed by atoms with Gasteiger partial charge in [0.25, 0.3) is 0 Å². The number of nitrogens with zero attached hydrogens (tertiary/aromatic N) is 2. The van der Waals surface area contributed by atoms with Crippen LogP contribution in [0, 0.1) is 0 Å². The molecule has 2 N–H and O–H groups in total. The van der Waals surface area contributed by atoms with Crippen molar-refractivity contribution < 1.29 is 0 Å². The Balaban J connectivity index is 2.39. The van der Waals surface area contributed by atoms with Crippen LogP contribution in [0.2, 0.25) is 0 Å².